The van der Waals surface area contributed by atoms with Crippen LogP contribution in [0.2, 0.25) is 5.02 Å². The van der Waals surface area contributed by atoms with Crippen LogP contribution in [0.4, 0.5) is 4.39 Å². The molecular formula is C22H18ClFN4O3S. The van der Waals surface area contributed by atoms with Gasteiger partial charge in [0.2, 0.25) is 5.17 Å². The summed E-state index contributed by atoms with van der Waals surface area (Å²) in [5.41, 5.74) is 1.39. The number of ether oxygens (including phenoxy) is 2. The van der Waals surface area contributed by atoms with Crippen molar-refractivity contribution in [2.75, 3.05) is 7.11 Å². The summed E-state index contributed by atoms with van der Waals surface area (Å²) in [5.74, 6) is -0.0574. The number of hydrogen-bond acceptors (Lipinski definition) is 6. The van der Waals surface area contributed by atoms with E-state index in [2.05, 4.69) is 10.1 Å². The quantitative estimate of drug-likeness (QED) is 0.591. The van der Waals surface area contributed by atoms with Gasteiger partial charge in [0.05, 0.1) is 17.7 Å². The third-order valence-corrected chi connectivity index (χ3v) is 6.10. The first-order valence-corrected chi connectivity index (χ1v) is 10.8. The Kier molecular flexibility index (Phi) is 6.29. The summed E-state index contributed by atoms with van der Waals surface area (Å²) in [6.45, 7) is 2.08. The smallest absolute Gasteiger partial charge is 0.283 e. The highest BCUT2D eigenvalue weighted by molar-refractivity contribution is 8.26. The predicted octanol–water partition coefficient (Wildman–Crippen LogP) is 5.10. The zero-order chi connectivity index (χ0) is 22.8. The molecule has 0 atom stereocenters. The lowest BCUT2D eigenvalue weighted by Gasteiger charge is -2.20. The number of amidine groups is 2. The lowest BCUT2D eigenvalue weighted by molar-refractivity contribution is -0.114. The van der Waals surface area contributed by atoms with E-state index in [9.17, 15) is 9.18 Å². The van der Waals surface area contributed by atoms with Crippen molar-refractivity contribution >= 4 is 51.4 Å². The number of hydrogen-bond donors (Lipinski definition) is 1. The Bertz CT molecular complexity index is 1210. The topological polar surface area (TPSA) is 87.3 Å². The van der Waals surface area contributed by atoms with Crippen LogP contribution in [0.1, 0.15) is 24.5 Å². The van der Waals surface area contributed by atoms with E-state index in [1.54, 1.807) is 30.3 Å². The zero-order valence-electron chi connectivity index (χ0n) is 17.2. The van der Waals surface area contributed by atoms with Gasteiger partial charge in [-0.25, -0.2) is 4.39 Å². The minimum atomic E-state index is -0.494. The predicted molar refractivity (Wildman–Crippen MR) is 124 cm³/mol. The van der Waals surface area contributed by atoms with Gasteiger partial charge in [-0.2, -0.15) is 15.1 Å². The molecule has 164 valence electrons. The van der Waals surface area contributed by atoms with E-state index < -0.39 is 11.7 Å². The number of nitrogens with one attached hydrogen (secondary N) is 1. The first kappa shape index (κ1) is 22.0. The molecule has 0 spiro atoms. The third kappa shape index (κ3) is 4.39. The van der Waals surface area contributed by atoms with E-state index >= 15 is 0 Å². The molecule has 1 N–H and O–H groups in total. The molecule has 0 aliphatic carbocycles. The van der Waals surface area contributed by atoms with Crippen LogP contribution in [0.5, 0.6) is 11.5 Å². The summed E-state index contributed by atoms with van der Waals surface area (Å²) in [6, 6.07) is 9.20. The van der Waals surface area contributed by atoms with Gasteiger partial charge in [-0.1, -0.05) is 30.7 Å². The van der Waals surface area contributed by atoms with Crippen LogP contribution in [-0.2, 0) is 11.4 Å². The molecule has 0 bridgehead atoms. The van der Waals surface area contributed by atoms with Gasteiger partial charge in [0, 0.05) is 5.56 Å². The molecule has 2 aliphatic heterocycles. The average Bonchev–Trinajstić information content (AvgIpc) is 3.19. The maximum atomic E-state index is 13.2. The molecule has 0 unspecified atom stereocenters. The average molecular weight is 473 g/mol. The molecule has 0 saturated heterocycles. The minimum Gasteiger partial charge on any atom is -0.493 e. The summed E-state index contributed by atoms with van der Waals surface area (Å²) in [6.07, 6.45) is 2.26. The van der Waals surface area contributed by atoms with Crippen molar-refractivity contribution in [3.8, 4) is 11.5 Å². The third-order valence-electron chi connectivity index (χ3n) is 4.70. The van der Waals surface area contributed by atoms with Crippen LogP contribution in [0.3, 0.4) is 0 Å². The zero-order valence-corrected chi connectivity index (χ0v) is 18.8. The number of aliphatic imine (C=N–C) groups is 1. The number of amides is 1. The number of carbonyl (C=O) groups is 1. The van der Waals surface area contributed by atoms with Gasteiger partial charge in [0.25, 0.3) is 5.91 Å². The van der Waals surface area contributed by atoms with Crippen molar-refractivity contribution in [2.45, 2.75) is 20.0 Å². The molecule has 0 saturated carbocycles. The first-order valence-electron chi connectivity index (χ1n) is 9.63. The number of fused-ring (bicyclic) bond motifs is 1. The Hall–Kier alpha value is -3.17. The monoisotopic (exact) mass is 472 g/mol. The number of rotatable bonds is 6. The number of nitrogens with zero attached hydrogens (tertiary/aromatic N) is 3. The van der Waals surface area contributed by atoms with E-state index in [0.717, 1.165) is 5.04 Å². The second-order valence-electron chi connectivity index (χ2n) is 6.80. The summed E-state index contributed by atoms with van der Waals surface area (Å²) in [5, 5.41) is 15.6. The number of methoxy groups -OCH3 is 1. The second kappa shape index (κ2) is 9.13. The van der Waals surface area contributed by atoms with E-state index in [1.165, 1.54) is 36.0 Å². The number of thioether (sulfide) groups is 1. The lowest BCUT2D eigenvalue weighted by atomic mass is 10.1. The number of carbonyl (C=O) groups excluding carboxylic acids is 1. The van der Waals surface area contributed by atoms with Crippen LogP contribution in [0.15, 0.2) is 52.1 Å². The van der Waals surface area contributed by atoms with Crippen molar-refractivity contribution in [1.82, 2.24) is 5.01 Å². The Morgan fingerprint density at radius 1 is 1.25 bits per heavy atom. The van der Waals surface area contributed by atoms with Crippen LogP contribution < -0.4 is 9.47 Å². The van der Waals surface area contributed by atoms with Gasteiger partial charge < -0.3 is 9.47 Å². The fourth-order valence-corrected chi connectivity index (χ4v) is 4.08. The van der Waals surface area contributed by atoms with E-state index in [0.29, 0.717) is 34.2 Å². The molecule has 7 nitrogen and oxygen atoms in total. The molecular weight excluding hydrogens is 455 g/mol. The SMILES string of the molecule is CCC1=NN2C(=N)/C(=C/c3ccc(OCc4ccc(F)cc4Cl)c(OC)c3)C(=O)N=C2S1. The highest BCUT2D eigenvalue weighted by Gasteiger charge is 2.35. The van der Waals surface area contributed by atoms with E-state index in [4.69, 9.17) is 26.5 Å². The Morgan fingerprint density at radius 3 is 2.78 bits per heavy atom. The molecule has 4 rings (SSSR count). The Morgan fingerprint density at radius 2 is 2.06 bits per heavy atom. The normalized spacial score (nSPS) is 16.8. The molecule has 1 amide bonds. The summed E-state index contributed by atoms with van der Waals surface area (Å²) in [7, 11) is 1.50. The standard InChI is InChI=1S/C22H18ClFN4O3S/c1-3-19-27-28-20(25)15(21(29)26-22(28)32-19)8-12-4-7-17(18(9-12)30-2)31-11-13-5-6-14(24)10-16(13)23/h4-10,25H,3,11H2,1-2H3/b15-8-,25-20?. The summed E-state index contributed by atoms with van der Waals surface area (Å²) in [4.78, 5) is 16.6. The van der Waals surface area contributed by atoms with Gasteiger partial charge in [-0.3, -0.25) is 10.2 Å². The number of hydrazone groups is 1. The maximum absolute atomic E-state index is 13.2. The van der Waals surface area contributed by atoms with E-state index in [-0.39, 0.29) is 23.0 Å². The summed E-state index contributed by atoms with van der Waals surface area (Å²) >= 11 is 7.34. The molecule has 2 aromatic rings. The minimum absolute atomic E-state index is 0.0267. The van der Waals surface area contributed by atoms with Crippen LogP contribution in [0.25, 0.3) is 6.08 Å². The van der Waals surface area contributed by atoms with Crippen LogP contribution in [0, 0.1) is 11.2 Å². The highest BCUT2D eigenvalue weighted by Crippen LogP contribution is 2.32. The van der Waals surface area contributed by atoms with Crippen molar-refractivity contribution in [3.05, 3.63) is 63.9 Å². The van der Waals surface area contributed by atoms with Crippen LogP contribution >= 0.6 is 23.4 Å². The Labute approximate surface area is 193 Å². The largest absolute Gasteiger partial charge is 0.493 e. The first-order chi connectivity index (χ1) is 15.4. The molecule has 0 aromatic heterocycles. The van der Waals surface area contributed by atoms with Gasteiger partial charge in [-0.05, 0) is 54.1 Å². The van der Waals surface area contributed by atoms with Crippen molar-refractivity contribution in [3.63, 3.8) is 0 Å². The Balaban J connectivity index is 1.56. The molecule has 2 aromatic carbocycles. The number of halogens is 2. The molecule has 32 heavy (non-hydrogen) atoms. The molecule has 0 fully saturated rings. The van der Waals surface area contributed by atoms with Crippen molar-refractivity contribution in [1.29, 1.82) is 5.41 Å². The van der Waals surface area contributed by atoms with Crippen LogP contribution in [-0.4, -0.2) is 34.1 Å². The molecule has 0 radical (unpaired) electrons. The molecule has 2 heterocycles. The summed E-state index contributed by atoms with van der Waals surface area (Å²) < 4.78 is 24.4. The maximum Gasteiger partial charge on any atom is 0.283 e. The second-order valence-corrected chi connectivity index (χ2v) is 8.25. The van der Waals surface area contributed by atoms with E-state index in [1.807, 2.05) is 6.92 Å². The molecule has 2 aliphatic rings. The van der Waals surface area contributed by atoms with Gasteiger partial charge in [0.1, 0.15) is 17.5 Å². The van der Waals surface area contributed by atoms with Crippen molar-refractivity contribution in [2.24, 2.45) is 10.1 Å². The lowest BCUT2D eigenvalue weighted by Crippen LogP contribution is -2.35. The fourth-order valence-electron chi connectivity index (χ4n) is 3.03. The fraction of sp³-hybridized carbons (Fsp3) is 0.182. The number of benzene rings is 2. The molecule has 10 heteroatoms. The van der Waals surface area contributed by atoms with Gasteiger partial charge in [-0.15, -0.1) is 0 Å². The van der Waals surface area contributed by atoms with Gasteiger partial charge >= 0.3 is 0 Å². The van der Waals surface area contributed by atoms with Gasteiger partial charge in [0.15, 0.2) is 17.3 Å². The van der Waals surface area contributed by atoms with Crippen molar-refractivity contribution < 1.29 is 18.7 Å². The highest BCUT2D eigenvalue weighted by atomic mass is 35.5.